The summed E-state index contributed by atoms with van der Waals surface area (Å²) in [6.45, 7) is 3.02. The van der Waals surface area contributed by atoms with E-state index in [-0.39, 0.29) is 12.5 Å². The molecule has 1 atom stereocenters. The van der Waals surface area contributed by atoms with Crippen molar-refractivity contribution in [3.63, 3.8) is 0 Å². The minimum atomic E-state index is -0.721. The molecule has 0 spiro atoms. The van der Waals surface area contributed by atoms with E-state index in [2.05, 4.69) is 42.2 Å². The van der Waals surface area contributed by atoms with Gasteiger partial charge in [-0.15, -0.1) is 0 Å². The van der Waals surface area contributed by atoms with Crippen LogP contribution in [0.25, 0.3) is 0 Å². The highest BCUT2D eigenvalue weighted by Crippen LogP contribution is 2.28. The van der Waals surface area contributed by atoms with Crippen molar-refractivity contribution in [2.45, 2.75) is 38.6 Å². The normalized spacial score (nSPS) is 17.2. The van der Waals surface area contributed by atoms with Crippen molar-refractivity contribution >= 4 is 23.3 Å². The lowest BCUT2D eigenvalue weighted by atomic mass is 10.0. The van der Waals surface area contributed by atoms with Gasteiger partial charge >= 0.3 is 5.97 Å². The SMILES string of the molecule is Cc1cc(Cl)ccc1Cc1ccc(N2CCCC2CC(=O)O)cc1. The van der Waals surface area contributed by atoms with Crippen LogP contribution in [0.3, 0.4) is 0 Å². The summed E-state index contributed by atoms with van der Waals surface area (Å²) in [4.78, 5) is 13.2. The number of halogens is 1. The van der Waals surface area contributed by atoms with Gasteiger partial charge in [-0.3, -0.25) is 4.79 Å². The van der Waals surface area contributed by atoms with Crippen LogP contribution in [0.15, 0.2) is 42.5 Å². The number of anilines is 1. The van der Waals surface area contributed by atoms with Crippen molar-refractivity contribution in [2.24, 2.45) is 0 Å². The monoisotopic (exact) mass is 343 g/mol. The Labute approximate surface area is 147 Å². The molecule has 1 saturated heterocycles. The minimum Gasteiger partial charge on any atom is -0.481 e. The zero-order valence-electron chi connectivity index (χ0n) is 13.8. The lowest BCUT2D eigenvalue weighted by molar-refractivity contribution is -0.137. The lowest BCUT2D eigenvalue weighted by Crippen LogP contribution is -2.31. The van der Waals surface area contributed by atoms with E-state index < -0.39 is 5.97 Å². The molecule has 1 unspecified atom stereocenters. The number of aliphatic carboxylic acids is 1. The summed E-state index contributed by atoms with van der Waals surface area (Å²) >= 11 is 6.02. The van der Waals surface area contributed by atoms with E-state index in [4.69, 9.17) is 16.7 Å². The molecule has 3 rings (SSSR count). The van der Waals surface area contributed by atoms with E-state index in [1.54, 1.807) is 0 Å². The zero-order valence-corrected chi connectivity index (χ0v) is 14.6. The molecule has 4 heteroatoms. The van der Waals surface area contributed by atoms with Crippen LogP contribution < -0.4 is 4.90 Å². The van der Waals surface area contributed by atoms with Gasteiger partial charge < -0.3 is 10.0 Å². The van der Waals surface area contributed by atoms with Crippen molar-refractivity contribution in [2.75, 3.05) is 11.4 Å². The van der Waals surface area contributed by atoms with Crippen LogP contribution in [-0.2, 0) is 11.2 Å². The Bertz CT molecular complexity index is 727. The number of carbonyl (C=O) groups is 1. The number of rotatable bonds is 5. The number of nitrogens with zero attached hydrogens (tertiary/aromatic N) is 1. The number of benzene rings is 2. The maximum absolute atomic E-state index is 11.0. The molecular formula is C20H22ClNO2. The molecule has 1 N–H and O–H groups in total. The maximum Gasteiger partial charge on any atom is 0.305 e. The second-order valence-corrected chi connectivity index (χ2v) is 6.94. The van der Waals surface area contributed by atoms with Crippen molar-refractivity contribution in [3.05, 3.63) is 64.2 Å². The van der Waals surface area contributed by atoms with E-state index in [9.17, 15) is 4.79 Å². The molecule has 0 bridgehead atoms. The number of hydrogen-bond acceptors (Lipinski definition) is 2. The predicted molar refractivity (Wildman–Crippen MR) is 98.1 cm³/mol. The van der Waals surface area contributed by atoms with Crippen molar-refractivity contribution < 1.29 is 9.90 Å². The average molecular weight is 344 g/mol. The number of aryl methyl sites for hydroxylation is 1. The molecule has 24 heavy (non-hydrogen) atoms. The first-order valence-corrected chi connectivity index (χ1v) is 8.73. The first kappa shape index (κ1) is 16.8. The topological polar surface area (TPSA) is 40.5 Å². The Morgan fingerprint density at radius 2 is 2.00 bits per heavy atom. The Balaban J connectivity index is 1.72. The van der Waals surface area contributed by atoms with Gasteiger partial charge in [-0.1, -0.05) is 29.8 Å². The van der Waals surface area contributed by atoms with Gasteiger partial charge in [0.2, 0.25) is 0 Å². The van der Waals surface area contributed by atoms with Crippen LogP contribution in [0, 0.1) is 6.92 Å². The van der Waals surface area contributed by atoms with Crippen LogP contribution in [0.1, 0.15) is 36.0 Å². The van der Waals surface area contributed by atoms with Crippen molar-refractivity contribution in [1.29, 1.82) is 0 Å². The van der Waals surface area contributed by atoms with E-state index >= 15 is 0 Å². The molecule has 1 heterocycles. The highest BCUT2D eigenvalue weighted by atomic mass is 35.5. The summed E-state index contributed by atoms with van der Waals surface area (Å²) in [5.74, 6) is -0.721. The zero-order chi connectivity index (χ0) is 17.1. The molecule has 126 valence electrons. The van der Waals surface area contributed by atoms with Crippen LogP contribution in [0.4, 0.5) is 5.69 Å². The number of carboxylic acids is 1. The van der Waals surface area contributed by atoms with Gasteiger partial charge in [0.15, 0.2) is 0 Å². The second kappa shape index (κ2) is 7.27. The average Bonchev–Trinajstić information content (AvgIpc) is 2.98. The summed E-state index contributed by atoms with van der Waals surface area (Å²) in [7, 11) is 0. The molecule has 0 aromatic heterocycles. The molecule has 0 radical (unpaired) electrons. The third-order valence-corrected chi connectivity index (χ3v) is 4.99. The fourth-order valence-electron chi connectivity index (χ4n) is 3.47. The Kier molecular flexibility index (Phi) is 5.10. The van der Waals surface area contributed by atoms with E-state index in [1.807, 2.05) is 12.1 Å². The molecule has 1 fully saturated rings. The molecular weight excluding hydrogens is 322 g/mol. The van der Waals surface area contributed by atoms with Crippen LogP contribution >= 0.6 is 11.6 Å². The number of hydrogen-bond donors (Lipinski definition) is 1. The van der Waals surface area contributed by atoms with Crippen LogP contribution in [0.2, 0.25) is 5.02 Å². The first-order valence-electron chi connectivity index (χ1n) is 8.35. The summed E-state index contributed by atoms with van der Waals surface area (Å²) in [5, 5.41) is 9.82. The van der Waals surface area contributed by atoms with Gasteiger partial charge in [0.25, 0.3) is 0 Å². The van der Waals surface area contributed by atoms with Gasteiger partial charge in [0.1, 0.15) is 0 Å². The van der Waals surface area contributed by atoms with Crippen LogP contribution in [-0.4, -0.2) is 23.7 Å². The maximum atomic E-state index is 11.0. The van der Waals surface area contributed by atoms with E-state index in [0.29, 0.717) is 0 Å². The summed E-state index contributed by atoms with van der Waals surface area (Å²) in [6.07, 6.45) is 3.11. The lowest BCUT2D eigenvalue weighted by Gasteiger charge is -2.26. The quantitative estimate of drug-likeness (QED) is 0.856. The van der Waals surface area contributed by atoms with Crippen molar-refractivity contribution in [1.82, 2.24) is 0 Å². The number of carboxylic acid groups (broad SMARTS) is 1. The Morgan fingerprint density at radius 1 is 1.25 bits per heavy atom. The molecule has 1 aliphatic heterocycles. The van der Waals surface area contributed by atoms with Gasteiger partial charge in [-0.25, -0.2) is 0 Å². The fourth-order valence-corrected chi connectivity index (χ4v) is 3.70. The first-order chi connectivity index (χ1) is 11.5. The largest absolute Gasteiger partial charge is 0.481 e. The van der Waals surface area contributed by atoms with Gasteiger partial charge in [0.05, 0.1) is 6.42 Å². The third-order valence-electron chi connectivity index (χ3n) is 4.75. The third kappa shape index (κ3) is 3.90. The van der Waals surface area contributed by atoms with Crippen molar-refractivity contribution in [3.8, 4) is 0 Å². The predicted octanol–water partition coefficient (Wildman–Crippen LogP) is 4.68. The molecule has 3 nitrogen and oxygen atoms in total. The van der Waals surface area contributed by atoms with E-state index in [0.717, 1.165) is 36.5 Å². The molecule has 0 aliphatic carbocycles. The molecule has 2 aromatic carbocycles. The Hall–Kier alpha value is -2.00. The fraction of sp³-hybridized carbons (Fsp3) is 0.350. The highest BCUT2D eigenvalue weighted by Gasteiger charge is 2.26. The van der Waals surface area contributed by atoms with Gasteiger partial charge in [-0.2, -0.15) is 0 Å². The minimum absolute atomic E-state index is 0.117. The summed E-state index contributed by atoms with van der Waals surface area (Å²) < 4.78 is 0. The van der Waals surface area contributed by atoms with Crippen LogP contribution in [0.5, 0.6) is 0 Å². The molecule has 2 aromatic rings. The molecule has 1 aliphatic rings. The Morgan fingerprint density at radius 3 is 2.67 bits per heavy atom. The van der Waals surface area contributed by atoms with E-state index in [1.165, 1.54) is 16.7 Å². The van der Waals surface area contributed by atoms with Gasteiger partial charge in [-0.05, 0) is 67.1 Å². The van der Waals surface area contributed by atoms with Gasteiger partial charge in [0, 0.05) is 23.3 Å². The molecule has 0 saturated carbocycles. The standard InChI is InChI=1S/C20H22ClNO2/c1-14-11-17(21)7-6-16(14)12-15-4-8-18(9-5-15)22-10-2-3-19(22)13-20(23)24/h4-9,11,19H,2-3,10,12-13H2,1H3,(H,23,24). The summed E-state index contributed by atoms with van der Waals surface area (Å²) in [6, 6.07) is 14.6. The smallest absolute Gasteiger partial charge is 0.305 e. The highest BCUT2D eigenvalue weighted by molar-refractivity contribution is 6.30. The molecule has 0 amide bonds. The second-order valence-electron chi connectivity index (χ2n) is 6.50. The summed E-state index contributed by atoms with van der Waals surface area (Å²) in [5.41, 5.74) is 4.85.